The van der Waals surface area contributed by atoms with Crippen LogP contribution in [-0.4, -0.2) is 46.0 Å². The number of ether oxygens (including phenoxy) is 1. The number of amides is 1. The Morgan fingerprint density at radius 1 is 1.04 bits per heavy atom. The van der Waals surface area contributed by atoms with Crippen LogP contribution < -0.4 is 9.04 Å². The molecule has 0 bridgehead atoms. The molecule has 1 heterocycles. The minimum Gasteiger partial charge on any atom is -0.497 e. The molecule has 0 saturated carbocycles. The topological polar surface area (TPSA) is 66.9 Å². The number of sulfonamides is 1. The predicted octanol–water partition coefficient (Wildman–Crippen LogP) is 3.04. The number of piperidine rings is 1. The van der Waals surface area contributed by atoms with Crippen molar-refractivity contribution in [3.05, 3.63) is 54.3 Å². The molecule has 1 fully saturated rings. The number of carbonyl (C=O) groups is 1. The number of hydrogen-bond donors (Lipinski definition) is 0. The van der Waals surface area contributed by atoms with Crippen molar-refractivity contribution in [3.63, 3.8) is 0 Å². The van der Waals surface area contributed by atoms with Crippen LogP contribution in [0.2, 0.25) is 0 Å². The van der Waals surface area contributed by atoms with Crippen molar-refractivity contribution in [3.8, 4) is 5.75 Å². The van der Waals surface area contributed by atoms with Crippen LogP contribution >= 0.6 is 0 Å². The maximum Gasteiger partial charge on any atom is 0.264 e. The van der Waals surface area contributed by atoms with Crippen molar-refractivity contribution in [2.45, 2.75) is 24.2 Å². The van der Waals surface area contributed by atoms with Crippen LogP contribution in [0.25, 0.3) is 0 Å². The molecule has 0 radical (unpaired) electrons. The second-order valence-electron chi connectivity index (χ2n) is 6.61. The molecule has 0 aliphatic carbocycles. The summed E-state index contributed by atoms with van der Waals surface area (Å²) in [6.07, 6.45) is 2.90. The van der Waals surface area contributed by atoms with Crippen molar-refractivity contribution in [2.24, 2.45) is 0 Å². The molecule has 3 rings (SSSR count). The Bertz CT molecular complexity index is 908. The molecule has 1 amide bonds. The Labute approximate surface area is 164 Å². The first-order valence-corrected chi connectivity index (χ1v) is 10.6. The van der Waals surface area contributed by atoms with Crippen molar-refractivity contribution in [1.29, 1.82) is 0 Å². The molecule has 0 aromatic heterocycles. The van der Waals surface area contributed by atoms with Crippen LogP contribution in [0.4, 0.5) is 10.1 Å². The summed E-state index contributed by atoms with van der Waals surface area (Å²) in [5, 5.41) is 0. The van der Waals surface area contributed by atoms with E-state index < -0.39 is 15.8 Å². The number of rotatable bonds is 6. The van der Waals surface area contributed by atoms with Gasteiger partial charge in [0.25, 0.3) is 10.0 Å². The fourth-order valence-electron chi connectivity index (χ4n) is 3.16. The van der Waals surface area contributed by atoms with Crippen LogP contribution in [0.15, 0.2) is 53.4 Å². The smallest absolute Gasteiger partial charge is 0.264 e. The highest BCUT2D eigenvalue weighted by Gasteiger charge is 2.29. The molecule has 6 nitrogen and oxygen atoms in total. The van der Waals surface area contributed by atoms with Gasteiger partial charge in [-0.25, -0.2) is 12.8 Å². The monoisotopic (exact) mass is 406 g/mol. The van der Waals surface area contributed by atoms with Gasteiger partial charge in [0.2, 0.25) is 5.91 Å². The van der Waals surface area contributed by atoms with E-state index >= 15 is 0 Å². The van der Waals surface area contributed by atoms with Gasteiger partial charge in [0.15, 0.2) is 0 Å². The largest absolute Gasteiger partial charge is 0.497 e. The van der Waals surface area contributed by atoms with Gasteiger partial charge < -0.3 is 9.64 Å². The number of methoxy groups -OCH3 is 1. The van der Waals surface area contributed by atoms with Crippen molar-refractivity contribution < 1.29 is 22.3 Å². The minimum absolute atomic E-state index is 0.0730. The van der Waals surface area contributed by atoms with Gasteiger partial charge in [-0.3, -0.25) is 9.10 Å². The van der Waals surface area contributed by atoms with E-state index in [1.54, 1.807) is 29.2 Å². The number of halogens is 1. The molecule has 1 saturated heterocycles. The lowest BCUT2D eigenvalue weighted by Crippen LogP contribution is -2.44. The van der Waals surface area contributed by atoms with E-state index in [-0.39, 0.29) is 17.3 Å². The number of likely N-dealkylation sites (tertiary alicyclic amines) is 1. The first-order valence-electron chi connectivity index (χ1n) is 9.12. The molecule has 0 spiro atoms. The van der Waals surface area contributed by atoms with Gasteiger partial charge in [-0.05, 0) is 67.8 Å². The third-order valence-electron chi connectivity index (χ3n) is 4.75. The zero-order chi connectivity index (χ0) is 20.1. The average molecular weight is 406 g/mol. The first kappa shape index (κ1) is 20.1. The highest BCUT2D eigenvalue weighted by atomic mass is 32.2. The molecule has 28 heavy (non-hydrogen) atoms. The molecule has 2 aromatic carbocycles. The molecule has 1 aliphatic rings. The van der Waals surface area contributed by atoms with Crippen LogP contribution in [0, 0.1) is 5.82 Å². The maximum atomic E-state index is 13.3. The van der Waals surface area contributed by atoms with Crippen LogP contribution in [0.5, 0.6) is 5.75 Å². The highest BCUT2D eigenvalue weighted by Crippen LogP contribution is 2.26. The second-order valence-corrected chi connectivity index (χ2v) is 8.47. The third kappa shape index (κ3) is 4.44. The highest BCUT2D eigenvalue weighted by molar-refractivity contribution is 7.92. The number of carbonyl (C=O) groups excluding carboxylic acids is 1. The van der Waals surface area contributed by atoms with Crippen LogP contribution in [0.3, 0.4) is 0 Å². The van der Waals surface area contributed by atoms with Gasteiger partial charge in [0.1, 0.15) is 18.1 Å². The van der Waals surface area contributed by atoms with E-state index in [4.69, 9.17) is 4.74 Å². The summed E-state index contributed by atoms with van der Waals surface area (Å²) in [5.41, 5.74) is 0.343. The molecule has 0 atom stereocenters. The summed E-state index contributed by atoms with van der Waals surface area (Å²) in [6.45, 7) is 0.948. The van der Waals surface area contributed by atoms with Gasteiger partial charge in [-0.15, -0.1) is 0 Å². The van der Waals surface area contributed by atoms with Crippen molar-refractivity contribution >= 4 is 21.6 Å². The van der Waals surface area contributed by atoms with Crippen LogP contribution in [0.1, 0.15) is 19.3 Å². The lowest BCUT2D eigenvalue weighted by atomic mass is 10.1. The number of nitrogens with zero attached hydrogens (tertiary/aromatic N) is 2. The molecular weight excluding hydrogens is 383 g/mol. The summed E-state index contributed by atoms with van der Waals surface area (Å²) in [5.74, 6) is -0.203. The number of hydrogen-bond acceptors (Lipinski definition) is 4. The van der Waals surface area contributed by atoms with Crippen molar-refractivity contribution in [1.82, 2.24) is 4.90 Å². The zero-order valence-electron chi connectivity index (χ0n) is 15.7. The summed E-state index contributed by atoms with van der Waals surface area (Å²) in [4.78, 5) is 14.4. The first-order chi connectivity index (χ1) is 13.4. The molecule has 0 N–H and O–H groups in total. The van der Waals surface area contributed by atoms with Gasteiger partial charge in [0, 0.05) is 13.1 Å². The Morgan fingerprint density at radius 3 is 2.21 bits per heavy atom. The zero-order valence-corrected chi connectivity index (χ0v) is 16.5. The van der Waals surface area contributed by atoms with E-state index in [9.17, 15) is 17.6 Å². The van der Waals surface area contributed by atoms with E-state index in [0.29, 0.717) is 24.5 Å². The lowest BCUT2D eigenvalue weighted by Gasteiger charge is -2.30. The number of benzene rings is 2. The fourth-order valence-corrected chi connectivity index (χ4v) is 4.58. The molecule has 150 valence electrons. The summed E-state index contributed by atoms with van der Waals surface area (Å²) >= 11 is 0. The van der Waals surface area contributed by atoms with Gasteiger partial charge >= 0.3 is 0 Å². The Kier molecular flexibility index (Phi) is 6.18. The van der Waals surface area contributed by atoms with E-state index in [2.05, 4.69) is 0 Å². The second kappa shape index (κ2) is 8.60. The Balaban J connectivity index is 1.95. The molecule has 0 unspecified atom stereocenters. The Morgan fingerprint density at radius 2 is 1.64 bits per heavy atom. The maximum absolute atomic E-state index is 13.3. The normalized spacial score (nSPS) is 14.6. The third-order valence-corrected chi connectivity index (χ3v) is 6.54. The molecular formula is C20H23FN2O4S. The fraction of sp³-hybridized carbons (Fsp3) is 0.350. The molecule has 2 aromatic rings. The summed E-state index contributed by atoms with van der Waals surface area (Å²) in [6, 6.07) is 11.0. The van der Waals surface area contributed by atoms with Crippen molar-refractivity contribution in [2.75, 3.05) is 31.0 Å². The van der Waals surface area contributed by atoms with Gasteiger partial charge in [-0.2, -0.15) is 0 Å². The molecule has 1 aliphatic heterocycles. The average Bonchev–Trinajstić information content (AvgIpc) is 2.73. The van der Waals surface area contributed by atoms with E-state index in [1.165, 1.54) is 19.2 Å². The molecule has 8 heteroatoms. The van der Waals surface area contributed by atoms with E-state index in [0.717, 1.165) is 35.7 Å². The van der Waals surface area contributed by atoms with Crippen LogP contribution in [-0.2, 0) is 14.8 Å². The lowest BCUT2D eigenvalue weighted by molar-refractivity contribution is -0.130. The summed E-state index contributed by atoms with van der Waals surface area (Å²) in [7, 11) is -2.53. The predicted molar refractivity (Wildman–Crippen MR) is 104 cm³/mol. The summed E-state index contributed by atoms with van der Waals surface area (Å²) < 4.78 is 45.9. The quantitative estimate of drug-likeness (QED) is 0.740. The number of anilines is 1. The van der Waals surface area contributed by atoms with Gasteiger partial charge in [-0.1, -0.05) is 0 Å². The SMILES string of the molecule is COc1ccc(N(CC(=O)N2CCCCC2)S(=O)(=O)c2ccc(F)cc2)cc1. The standard InChI is InChI=1S/C20H23FN2O4S/c1-27-18-9-7-17(8-10-18)23(15-20(24)22-13-3-2-4-14-22)28(25,26)19-11-5-16(21)6-12-19/h5-12H,2-4,13-15H2,1H3. The van der Waals surface area contributed by atoms with E-state index in [1.807, 2.05) is 0 Å². The Hall–Kier alpha value is -2.61. The minimum atomic E-state index is -4.05. The van der Waals surface area contributed by atoms with Gasteiger partial charge in [0.05, 0.1) is 17.7 Å².